The van der Waals surface area contributed by atoms with Crippen LogP contribution in [-0.2, 0) is 0 Å². The van der Waals surface area contributed by atoms with E-state index in [1.807, 2.05) is 18.2 Å². The van der Waals surface area contributed by atoms with Crippen LogP contribution in [-0.4, -0.2) is 24.0 Å². The molecule has 2 unspecified atom stereocenters. The maximum Gasteiger partial charge on any atom is 0.0453 e. The second-order valence-corrected chi connectivity index (χ2v) is 6.37. The molecular weight excluding hydrogens is 268 g/mol. The minimum Gasteiger partial charge on any atom is -0.329 e. The molecule has 0 saturated heterocycles. The Balaban J connectivity index is 2.84. The maximum atomic E-state index is 6.33. The summed E-state index contributed by atoms with van der Waals surface area (Å²) in [6.45, 7) is 7.36. The number of nitrogens with zero attached hydrogens (tertiary/aromatic N) is 1. The summed E-state index contributed by atoms with van der Waals surface area (Å²) in [5, 5.41) is 0.833. The van der Waals surface area contributed by atoms with Gasteiger partial charge in [0.2, 0.25) is 0 Å². The van der Waals surface area contributed by atoms with Crippen LogP contribution in [0.1, 0.15) is 58.1 Å². The van der Waals surface area contributed by atoms with Gasteiger partial charge in [0.1, 0.15) is 0 Å². The highest BCUT2D eigenvalue weighted by atomic mass is 35.5. The van der Waals surface area contributed by atoms with Crippen molar-refractivity contribution in [1.29, 1.82) is 0 Å². The number of hydrogen-bond donors (Lipinski definition) is 1. The normalized spacial score (nSPS) is 16.1. The SMILES string of the molecule is CCCCCC(C)(CN)N(C)C(C)c1ccccc1Cl. The molecule has 114 valence electrons. The molecule has 0 spiro atoms. The van der Waals surface area contributed by atoms with E-state index in [-0.39, 0.29) is 11.6 Å². The van der Waals surface area contributed by atoms with Gasteiger partial charge in [0.25, 0.3) is 0 Å². The Kier molecular flexibility index (Phi) is 7.01. The van der Waals surface area contributed by atoms with Crippen LogP contribution in [0.2, 0.25) is 5.02 Å². The molecule has 0 radical (unpaired) electrons. The van der Waals surface area contributed by atoms with Gasteiger partial charge in [-0.15, -0.1) is 0 Å². The van der Waals surface area contributed by atoms with Crippen LogP contribution in [0, 0.1) is 0 Å². The summed E-state index contributed by atoms with van der Waals surface area (Å²) in [5.41, 5.74) is 7.26. The van der Waals surface area contributed by atoms with E-state index in [0.717, 1.165) is 11.4 Å². The van der Waals surface area contributed by atoms with Gasteiger partial charge >= 0.3 is 0 Å². The zero-order valence-electron chi connectivity index (χ0n) is 13.3. The Morgan fingerprint density at radius 2 is 1.95 bits per heavy atom. The van der Waals surface area contributed by atoms with Gasteiger partial charge in [0.15, 0.2) is 0 Å². The predicted octanol–water partition coefficient (Wildman–Crippen LogP) is 4.63. The van der Waals surface area contributed by atoms with Gasteiger partial charge < -0.3 is 5.73 Å². The lowest BCUT2D eigenvalue weighted by atomic mass is 9.90. The standard InChI is InChI=1S/C17H29ClN2/c1-5-6-9-12-17(3,13-19)20(4)14(2)15-10-7-8-11-16(15)18/h7-8,10-11,14H,5-6,9,12-13,19H2,1-4H3. The average Bonchev–Trinajstić information content (AvgIpc) is 2.46. The minimum absolute atomic E-state index is 0.0216. The lowest BCUT2D eigenvalue weighted by Crippen LogP contribution is -2.50. The molecule has 0 bridgehead atoms. The second-order valence-electron chi connectivity index (χ2n) is 5.97. The first-order valence-corrected chi connectivity index (χ1v) is 8.01. The maximum absolute atomic E-state index is 6.33. The molecule has 2 N–H and O–H groups in total. The topological polar surface area (TPSA) is 29.3 Å². The van der Waals surface area contributed by atoms with Crippen LogP contribution < -0.4 is 5.73 Å². The molecule has 1 aromatic rings. The number of halogens is 1. The molecule has 0 fully saturated rings. The summed E-state index contributed by atoms with van der Waals surface area (Å²) >= 11 is 6.33. The number of unbranched alkanes of at least 4 members (excludes halogenated alkanes) is 2. The van der Waals surface area contributed by atoms with Crippen molar-refractivity contribution in [2.45, 2.75) is 58.0 Å². The van der Waals surface area contributed by atoms with E-state index in [0.29, 0.717) is 6.54 Å². The summed E-state index contributed by atoms with van der Waals surface area (Å²) in [7, 11) is 2.16. The molecule has 2 nitrogen and oxygen atoms in total. The molecule has 0 amide bonds. The Morgan fingerprint density at radius 3 is 2.50 bits per heavy atom. The fourth-order valence-electron chi connectivity index (χ4n) is 2.67. The zero-order chi connectivity index (χ0) is 15.2. The first-order valence-electron chi connectivity index (χ1n) is 7.63. The van der Waals surface area contributed by atoms with Crippen molar-refractivity contribution in [2.24, 2.45) is 5.73 Å². The van der Waals surface area contributed by atoms with E-state index in [1.165, 1.54) is 24.8 Å². The van der Waals surface area contributed by atoms with Gasteiger partial charge in [-0.05, 0) is 38.9 Å². The van der Waals surface area contributed by atoms with Crippen LogP contribution in [0.25, 0.3) is 0 Å². The molecule has 20 heavy (non-hydrogen) atoms. The molecule has 1 rings (SSSR count). The first-order chi connectivity index (χ1) is 9.46. The molecule has 0 saturated carbocycles. The van der Waals surface area contributed by atoms with Crippen LogP contribution in [0.4, 0.5) is 0 Å². The molecule has 1 aromatic carbocycles. The lowest BCUT2D eigenvalue weighted by molar-refractivity contribution is 0.0892. The van der Waals surface area contributed by atoms with Gasteiger partial charge in [-0.25, -0.2) is 0 Å². The van der Waals surface area contributed by atoms with Crippen LogP contribution in [0.3, 0.4) is 0 Å². The Hall–Kier alpha value is -0.570. The molecule has 0 aliphatic rings. The minimum atomic E-state index is 0.0216. The van der Waals surface area contributed by atoms with Crippen molar-refractivity contribution in [1.82, 2.24) is 4.90 Å². The second kappa shape index (κ2) is 8.02. The van der Waals surface area contributed by atoms with Crippen molar-refractivity contribution in [3.63, 3.8) is 0 Å². The number of hydrogen-bond acceptors (Lipinski definition) is 2. The third kappa shape index (κ3) is 4.21. The van der Waals surface area contributed by atoms with Gasteiger partial charge in [0, 0.05) is 23.1 Å². The molecular formula is C17H29ClN2. The number of likely N-dealkylation sites (N-methyl/N-ethyl adjacent to an activating group) is 1. The van der Waals surface area contributed by atoms with Crippen molar-refractivity contribution in [3.8, 4) is 0 Å². The van der Waals surface area contributed by atoms with Crippen molar-refractivity contribution in [2.75, 3.05) is 13.6 Å². The fraction of sp³-hybridized carbons (Fsp3) is 0.647. The summed E-state index contributed by atoms with van der Waals surface area (Å²) in [4.78, 5) is 2.38. The van der Waals surface area contributed by atoms with Crippen molar-refractivity contribution in [3.05, 3.63) is 34.9 Å². The fourth-order valence-corrected chi connectivity index (χ4v) is 2.96. The van der Waals surface area contributed by atoms with E-state index in [1.54, 1.807) is 0 Å². The Bertz CT molecular complexity index is 408. The summed E-state index contributed by atoms with van der Waals surface area (Å²) in [5.74, 6) is 0. The van der Waals surface area contributed by atoms with Gasteiger partial charge in [0.05, 0.1) is 0 Å². The molecule has 3 heteroatoms. The first kappa shape index (κ1) is 17.5. The smallest absolute Gasteiger partial charge is 0.0453 e. The van der Waals surface area contributed by atoms with Gasteiger partial charge in [-0.3, -0.25) is 4.90 Å². The largest absolute Gasteiger partial charge is 0.329 e. The number of rotatable bonds is 8. The number of benzene rings is 1. The van der Waals surface area contributed by atoms with Crippen LogP contribution >= 0.6 is 11.6 Å². The van der Waals surface area contributed by atoms with E-state index < -0.39 is 0 Å². The third-order valence-corrected chi connectivity index (χ3v) is 4.89. The molecule has 2 atom stereocenters. The molecule has 0 aliphatic carbocycles. The Morgan fingerprint density at radius 1 is 1.30 bits per heavy atom. The van der Waals surface area contributed by atoms with Gasteiger partial charge in [-0.2, -0.15) is 0 Å². The predicted molar refractivity (Wildman–Crippen MR) is 89.2 cm³/mol. The Labute approximate surface area is 129 Å². The van der Waals surface area contributed by atoms with E-state index in [4.69, 9.17) is 17.3 Å². The molecule has 0 heterocycles. The van der Waals surface area contributed by atoms with Crippen LogP contribution in [0.5, 0.6) is 0 Å². The third-order valence-electron chi connectivity index (χ3n) is 4.55. The molecule has 0 aromatic heterocycles. The molecule has 0 aliphatic heterocycles. The highest BCUT2D eigenvalue weighted by Crippen LogP contribution is 2.32. The van der Waals surface area contributed by atoms with Crippen LogP contribution in [0.15, 0.2) is 24.3 Å². The highest BCUT2D eigenvalue weighted by molar-refractivity contribution is 6.31. The van der Waals surface area contributed by atoms with Crippen molar-refractivity contribution >= 4 is 11.6 Å². The quantitative estimate of drug-likeness (QED) is 0.709. The lowest BCUT2D eigenvalue weighted by Gasteiger charge is -2.42. The highest BCUT2D eigenvalue weighted by Gasteiger charge is 2.31. The van der Waals surface area contributed by atoms with Crippen molar-refractivity contribution < 1.29 is 0 Å². The monoisotopic (exact) mass is 296 g/mol. The summed E-state index contributed by atoms with van der Waals surface area (Å²) in [6.07, 6.45) is 4.86. The average molecular weight is 297 g/mol. The number of nitrogens with two attached hydrogens (primary N) is 1. The summed E-state index contributed by atoms with van der Waals surface area (Å²) < 4.78 is 0. The van der Waals surface area contributed by atoms with Gasteiger partial charge in [-0.1, -0.05) is 56.0 Å². The zero-order valence-corrected chi connectivity index (χ0v) is 14.1. The van der Waals surface area contributed by atoms with E-state index >= 15 is 0 Å². The summed E-state index contributed by atoms with van der Waals surface area (Å²) in [6, 6.07) is 8.34. The van der Waals surface area contributed by atoms with E-state index in [2.05, 4.69) is 38.8 Å². The van der Waals surface area contributed by atoms with E-state index in [9.17, 15) is 0 Å².